The van der Waals surface area contributed by atoms with E-state index in [0.29, 0.717) is 18.4 Å². The topological polar surface area (TPSA) is 72.3 Å². The Morgan fingerprint density at radius 2 is 1.80 bits per heavy atom. The fourth-order valence-electron chi connectivity index (χ4n) is 3.10. The van der Waals surface area contributed by atoms with Crippen LogP contribution in [0.15, 0.2) is 64.2 Å². The van der Waals surface area contributed by atoms with Gasteiger partial charge in [-0.25, -0.2) is 0 Å². The van der Waals surface area contributed by atoms with E-state index < -0.39 is 0 Å². The van der Waals surface area contributed by atoms with Crippen LogP contribution in [0.5, 0.6) is 0 Å². The lowest BCUT2D eigenvalue weighted by Gasteiger charge is -2.28. The Morgan fingerprint density at radius 1 is 1.10 bits per heavy atom. The zero-order chi connectivity index (χ0) is 20.9. The summed E-state index contributed by atoms with van der Waals surface area (Å²) in [7, 11) is 0. The third kappa shape index (κ3) is 4.85. The summed E-state index contributed by atoms with van der Waals surface area (Å²) in [6.07, 6.45) is 0. The molecule has 9 heteroatoms. The number of rotatable bonds is 6. The number of benzene rings is 2. The number of halogens is 1. The summed E-state index contributed by atoms with van der Waals surface area (Å²) < 4.78 is 8.45. The Bertz CT molecular complexity index is 990. The van der Waals surface area contributed by atoms with Gasteiger partial charge in [-0.15, -0.1) is 10.2 Å². The number of hydrogen-bond acceptors (Lipinski definition) is 6. The smallest absolute Gasteiger partial charge is 0.237 e. The maximum Gasteiger partial charge on any atom is 0.237 e. The van der Waals surface area contributed by atoms with Crippen molar-refractivity contribution in [1.82, 2.24) is 14.8 Å². The Kier molecular flexibility index (Phi) is 6.71. The second-order valence-corrected chi connectivity index (χ2v) is 9.03. The molecule has 3 aromatic rings. The van der Waals surface area contributed by atoms with Gasteiger partial charge in [0.2, 0.25) is 11.9 Å². The molecule has 0 spiro atoms. The molecular weight excluding hydrogens is 466 g/mol. The molecule has 1 aliphatic heterocycles. The number of para-hydroxylation sites is 1. The van der Waals surface area contributed by atoms with Gasteiger partial charge in [0.15, 0.2) is 5.16 Å². The Morgan fingerprint density at radius 3 is 2.50 bits per heavy atom. The zero-order valence-electron chi connectivity index (χ0n) is 16.5. The largest absolute Gasteiger partial charge is 0.378 e. The van der Waals surface area contributed by atoms with Crippen molar-refractivity contribution in [3.8, 4) is 5.69 Å². The van der Waals surface area contributed by atoms with Crippen molar-refractivity contribution in [1.29, 1.82) is 0 Å². The van der Waals surface area contributed by atoms with Gasteiger partial charge in [-0.05, 0) is 43.3 Å². The molecule has 0 aliphatic carbocycles. The molecule has 1 unspecified atom stereocenters. The molecule has 1 N–H and O–H groups in total. The van der Waals surface area contributed by atoms with Crippen LogP contribution in [0.4, 0.5) is 11.6 Å². The summed E-state index contributed by atoms with van der Waals surface area (Å²) >= 11 is 4.79. The monoisotopic (exact) mass is 487 g/mol. The fraction of sp³-hybridized carbons (Fsp3) is 0.286. The molecule has 156 valence electrons. The van der Waals surface area contributed by atoms with Gasteiger partial charge in [0.05, 0.1) is 24.2 Å². The first-order valence-corrected chi connectivity index (χ1v) is 11.4. The van der Waals surface area contributed by atoms with Crippen LogP contribution in [0.3, 0.4) is 0 Å². The normalized spacial score (nSPS) is 15.1. The van der Waals surface area contributed by atoms with Gasteiger partial charge in [-0.2, -0.15) is 0 Å². The van der Waals surface area contributed by atoms with Crippen LogP contribution in [-0.4, -0.2) is 52.2 Å². The summed E-state index contributed by atoms with van der Waals surface area (Å²) in [5, 5.41) is 12.1. The van der Waals surface area contributed by atoms with Crippen molar-refractivity contribution in [3.05, 3.63) is 59.1 Å². The molecule has 1 amide bonds. The van der Waals surface area contributed by atoms with Gasteiger partial charge in [0.25, 0.3) is 0 Å². The molecular formula is C21H22BrN5O2S. The third-order valence-corrected chi connectivity index (χ3v) is 6.26. The van der Waals surface area contributed by atoms with Crippen molar-refractivity contribution in [2.24, 2.45) is 0 Å². The quantitative estimate of drug-likeness (QED) is 0.530. The molecule has 0 bridgehead atoms. The molecule has 1 saturated heterocycles. The highest BCUT2D eigenvalue weighted by Crippen LogP contribution is 2.30. The van der Waals surface area contributed by atoms with Crippen LogP contribution in [0.1, 0.15) is 6.92 Å². The maximum atomic E-state index is 12.7. The van der Waals surface area contributed by atoms with Gasteiger partial charge in [0.1, 0.15) is 0 Å². The van der Waals surface area contributed by atoms with Crippen LogP contribution in [-0.2, 0) is 9.53 Å². The molecule has 1 atom stereocenters. The summed E-state index contributed by atoms with van der Waals surface area (Å²) in [5.41, 5.74) is 1.72. The van der Waals surface area contributed by atoms with Crippen molar-refractivity contribution in [2.75, 3.05) is 36.5 Å². The van der Waals surface area contributed by atoms with E-state index in [1.165, 1.54) is 11.8 Å². The van der Waals surface area contributed by atoms with Crippen molar-refractivity contribution in [3.63, 3.8) is 0 Å². The van der Waals surface area contributed by atoms with Gasteiger partial charge >= 0.3 is 0 Å². The van der Waals surface area contributed by atoms with Gasteiger partial charge < -0.3 is 15.0 Å². The van der Waals surface area contributed by atoms with Crippen molar-refractivity contribution in [2.45, 2.75) is 17.3 Å². The van der Waals surface area contributed by atoms with Crippen LogP contribution < -0.4 is 10.2 Å². The number of carbonyl (C=O) groups excluding carboxylic acids is 1. The predicted octanol–water partition coefficient (Wildman–Crippen LogP) is 3.99. The lowest BCUT2D eigenvalue weighted by atomic mass is 10.3. The molecule has 7 nitrogen and oxygen atoms in total. The second kappa shape index (κ2) is 9.63. The van der Waals surface area contributed by atoms with Gasteiger partial charge in [-0.1, -0.05) is 45.9 Å². The van der Waals surface area contributed by atoms with E-state index in [1.807, 2.05) is 66.1 Å². The lowest BCUT2D eigenvalue weighted by molar-refractivity contribution is -0.115. The van der Waals surface area contributed by atoms with E-state index >= 15 is 0 Å². The average molecular weight is 488 g/mol. The highest BCUT2D eigenvalue weighted by Gasteiger charge is 2.24. The molecule has 2 aromatic carbocycles. The minimum Gasteiger partial charge on any atom is -0.378 e. The average Bonchev–Trinajstić information content (AvgIpc) is 3.20. The number of nitrogens with zero attached hydrogens (tertiary/aromatic N) is 4. The van der Waals surface area contributed by atoms with Crippen LogP contribution >= 0.6 is 27.7 Å². The van der Waals surface area contributed by atoms with E-state index in [2.05, 4.69) is 36.3 Å². The molecule has 1 aromatic heterocycles. The number of ether oxygens (including phenoxy) is 1. The highest BCUT2D eigenvalue weighted by atomic mass is 79.9. The number of amides is 1. The predicted molar refractivity (Wildman–Crippen MR) is 122 cm³/mol. The Labute approximate surface area is 187 Å². The fourth-order valence-corrected chi connectivity index (χ4v) is 4.23. The molecule has 0 radical (unpaired) electrons. The number of hydrogen-bond donors (Lipinski definition) is 1. The number of carbonyl (C=O) groups is 1. The zero-order valence-corrected chi connectivity index (χ0v) is 18.9. The molecule has 1 fully saturated rings. The molecule has 30 heavy (non-hydrogen) atoms. The first-order chi connectivity index (χ1) is 14.6. The number of thioether (sulfide) groups is 1. The summed E-state index contributed by atoms with van der Waals surface area (Å²) in [6, 6.07) is 17.5. The van der Waals surface area contributed by atoms with E-state index in [4.69, 9.17) is 4.74 Å². The van der Waals surface area contributed by atoms with E-state index in [-0.39, 0.29) is 11.2 Å². The molecule has 2 heterocycles. The van der Waals surface area contributed by atoms with E-state index in [1.54, 1.807) is 0 Å². The summed E-state index contributed by atoms with van der Waals surface area (Å²) in [4.78, 5) is 14.9. The third-order valence-electron chi connectivity index (χ3n) is 4.69. The van der Waals surface area contributed by atoms with Gasteiger partial charge in [-0.3, -0.25) is 9.36 Å². The Hall–Kier alpha value is -2.36. The lowest BCUT2D eigenvalue weighted by Crippen LogP contribution is -2.37. The van der Waals surface area contributed by atoms with Crippen molar-refractivity contribution < 1.29 is 9.53 Å². The van der Waals surface area contributed by atoms with E-state index in [9.17, 15) is 4.79 Å². The standard InChI is InChI=1S/C21H22BrN5O2S/c1-15(19(28)23-17-9-7-16(22)8-10-17)30-21-25-24-20(26-11-13-29-14-12-26)27(21)18-5-3-2-4-6-18/h2-10,15H,11-14H2,1H3,(H,23,28). The molecule has 0 saturated carbocycles. The van der Waals surface area contributed by atoms with Crippen LogP contribution in [0, 0.1) is 0 Å². The molecule has 4 rings (SSSR count). The minimum absolute atomic E-state index is 0.0853. The van der Waals surface area contributed by atoms with Crippen LogP contribution in [0.2, 0.25) is 0 Å². The summed E-state index contributed by atoms with van der Waals surface area (Å²) in [6.45, 7) is 4.72. The van der Waals surface area contributed by atoms with Crippen molar-refractivity contribution >= 4 is 45.2 Å². The van der Waals surface area contributed by atoms with E-state index in [0.717, 1.165) is 34.9 Å². The number of morpholine rings is 1. The Balaban J connectivity index is 1.56. The molecule has 1 aliphatic rings. The first kappa shape index (κ1) is 20.9. The van der Waals surface area contributed by atoms with Crippen LogP contribution in [0.25, 0.3) is 5.69 Å². The SMILES string of the molecule is CC(Sc1nnc(N2CCOCC2)n1-c1ccccc1)C(=O)Nc1ccc(Br)cc1. The maximum absolute atomic E-state index is 12.7. The van der Waals surface area contributed by atoms with Gasteiger partial charge in [0, 0.05) is 23.2 Å². The number of aromatic nitrogens is 3. The number of nitrogens with one attached hydrogen (secondary N) is 1. The summed E-state index contributed by atoms with van der Waals surface area (Å²) in [5.74, 6) is 0.686. The number of anilines is 2. The first-order valence-electron chi connectivity index (χ1n) is 9.68. The minimum atomic E-state index is -0.349. The highest BCUT2D eigenvalue weighted by molar-refractivity contribution is 9.10. The second-order valence-electron chi connectivity index (χ2n) is 6.81.